The van der Waals surface area contributed by atoms with E-state index in [1.165, 1.54) is 0 Å². The quantitative estimate of drug-likeness (QED) is 0.878. The number of amides is 1. The van der Waals surface area contributed by atoms with Crippen molar-refractivity contribution in [2.75, 3.05) is 0 Å². The van der Waals surface area contributed by atoms with Gasteiger partial charge in [0.05, 0.1) is 12.1 Å². The predicted octanol–water partition coefficient (Wildman–Crippen LogP) is 3.00. The molecular weight excluding hydrogens is 292 g/mol. The summed E-state index contributed by atoms with van der Waals surface area (Å²) in [6.07, 6.45) is 0.703. The van der Waals surface area contributed by atoms with Gasteiger partial charge >= 0.3 is 0 Å². The Morgan fingerprint density at radius 3 is 2.50 bits per heavy atom. The lowest BCUT2D eigenvalue weighted by Gasteiger charge is -2.19. The Hall–Kier alpha value is -0.870. The highest BCUT2D eigenvalue weighted by atomic mass is 79.9. The van der Waals surface area contributed by atoms with Gasteiger partial charge in [-0.1, -0.05) is 48.0 Å². The molecule has 18 heavy (non-hydrogen) atoms. The second kappa shape index (κ2) is 6.90. The van der Waals surface area contributed by atoms with Gasteiger partial charge in [-0.25, -0.2) is 0 Å². The van der Waals surface area contributed by atoms with E-state index in [0.29, 0.717) is 12.3 Å². The minimum Gasteiger partial charge on any atom is -0.348 e. The topological polar surface area (TPSA) is 55.1 Å². The first kappa shape index (κ1) is 15.2. The molecule has 0 fully saturated rings. The fourth-order valence-electron chi connectivity index (χ4n) is 1.84. The van der Waals surface area contributed by atoms with Gasteiger partial charge in [0.2, 0.25) is 5.91 Å². The molecule has 0 radical (unpaired) electrons. The summed E-state index contributed by atoms with van der Waals surface area (Å²) in [6.45, 7) is 6.08. The molecule has 100 valence electrons. The summed E-state index contributed by atoms with van der Waals surface area (Å²) in [5, 5.41) is 2.95. The van der Waals surface area contributed by atoms with Crippen molar-refractivity contribution in [3.05, 3.63) is 34.3 Å². The van der Waals surface area contributed by atoms with Crippen LogP contribution in [0.25, 0.3) is 0 Å². The minimum absolute atomic E-state index is 0.0497. The van der Waals surface area contributed by atoms with Crippen LogP contribution in [-0.4, -0.2) is 11.9 Å². The van der Waals surface area contributed by atoms with Crippen molar-refractivity contribution in [2.24, 2.45) is 11.7 Å². The molecule has 4 heteroatoms. The van der Waals surface area contributed by atoms with Crippen LogP contribution >= 0.6 is 15.9 Å². The highest BCUT2D eigenvalue weighted by molar-refractivity contribution is 9.10. The summed E-state index contributed by atoms with van der Waals surface area (Å²) >= 11 is 3.48. The average molecular weight is 313 g/mol. The van der Waals surface area contributed by atoms with Crippen LogP contribution in [0.2, 0.25) is 0 Å². The molecule has 0 saturated heterocycles. The number of carbonyl (C=O) groups is 1. The number of nitrogens with two attached hydrogens (primary N) is 1. The molecule has 0 bridgehead atoms. The number of hydrogen-bond acceptors (Lipinski definition) is 2. The third-order valence-corrected chi connectivity index (χ3v) is 3.51. The molecule has 1 aromatic rings. The first-order chi connectivity index (χ1) is 8.41. The standard InChI is InChI=1S/C14H21BrN2O/c1-9(2)8-13(16)14(18)17-10(3)11-6-4-5-7-12(11)15/h4-7,9-10,13H,8,16H2,1-3H3,(H,17,18)/t10?,13-/m0/s1. The Morgan fingerprint density at radius 2 is 1.94 bits per heavy atom. The minimum atomic E-state index is -0.435. The SMILES string of the molecule is CC(C)C[C@H](N)C(=O)NC(C)c1ccccc1Br. The molecule has 0 saturated carbocycles. The number of benzene rings is 1. The van der Waals surface area contributed by atoms with Gasteiger partial charge in [-0.2, -0.15) is 0 Å². The molecule has 1 amide bonds. The molecule has 0 aliphatic heterocycles. The molecular formula is C14H21BrN2O. The van der Waals surface area contributed by atoms with Crippen molar-refractivity contribution < 1.29 is 4.79 Å². The zero-order valence-corrected chi connectivity index (χ0v) is 12.7. The van der Waals surface area contributed by atoms with E-state index in [2.05, 4.69) is 35.1 Å². The number of carbonyl (C=O) groups excluding carboxylic acids is 1. The Bertz CT molecular complexity index is 407. The molecule has 0 heterocycles. The van der Waals surface area contributed by atoms with Gasteiger partial charge in [0, 0.05) is 4.47 Å². The van der Waals surface area contributed by atoms with E-state index >= 15 is 0 Å². The molecule has 1 unspecified atom stereocenters. The van der Waals surface area contributed by atoms with Gasteiger partial charge in [-0.3, -0.25) is 4.79 Å². The van der Waals surface area contributed by atoms with Crippen molar-refractivity contribution in [2.45, 2.75) is 39.3 Å². The van der Waals surface area contributed by atoms with E-state index in [1.54, 1.807) is 0 Å². The smallest absolute Gasteiger partial charge is 0.237 e. The molecule has 0 spiro atoms. The van der Waals surface area contributed by atoms with E-state index in [1.807, 2.05) is 31.2 Å². The lowest BCUT2D eigenvalue weighted by atomic mass is 10.0. The molecule has 1 aromatic carbocycles. The molecule has 1 rings (SSSR count). The van der Waals surface area contributed by atoms with E-state index < -0.39 is 6.04 Å². The summed E-state index contributed by atoms with van der Waals surface area (Å²) in [4.78, 5) is 11.9. The highest BCUT2D eigenvalue weighted by Gasteiger charge is 2.18. The fourth-order valence-corrected chi connectivity index (χ4v) is 2.47. The lowest BCUT2D eigenvalue weighted by Crippen LogP contribution is -2.42. The van der Waals surface area contributed by atoms with Crippen molar-refractivity contribution in [1.29, 1.82) is 0 Å². The van der Waals surface area contributed by atoms with E-state index in [-0.39, 0.29) is 11.9 Å². The third-order valence-electron chi connectivity index (χ3n) is 2.79. The number of hydrogen-bond donors (Lipinski definition) is 2. The van der Waals surface area contributed by atoms with Gasteiger partial charge in [0.25, 0.3) is 0 Å². The first-order valence-electron chi connectivity index (χ1n) is 6.22. The summed E-state index contributed by atoms with van der Waals surface area (Å²) in [7, 11) is 0. The molecule has 0 aliphatic rings. The van der Waals surface area contributed by atoms with Crippen LogP contribution in [0.5, 0.6) is 0 Å². The summed E-state index contributed by atoms with van der Waals surface area (Å²) in [6, 6.07) is 7.37. The summed E-state index contributed by atoms with van der Waals surface area (Å²) in [5.74, 6) is 0.330. The fraction of sp³-hybridized carbons (Fsp3) is 0.500. The third kappa shape index (κ3) is 4.42. The zero-order chi connectivity index (χ0) is 13.7. The Balaban J connectivity index is 2.62. The van der Waals surface area contributed by atoms with Crippen LogP contribution in [0, 0.1) is 5.92 Å². The van der Waals surface area contributed by atoms with Crippen LogP contribution in [0.1, 0.15) is 38.8 Å². The largest absolute Gasteiger partial charge is 0.348 e. The second-order valence-electron chi connectivity index (χ2n) is 4.99. The van der Waals surface area contributed by atoms with Crippen LogP contribution in [0.15, 0.2) is 28.7 Å². The molecule has 3 N–H and O–H groups in total. The van der Waals surface area contributed by atoms with Crippen LogP contribution in [-0.2, 0) is 4.79 Å². The van der Waals surface area contributed by atoms with Crippen LogP contribution in [0.4, 0.5) is 0 Å². The maximum absolute atomic E-state index is 11.9. The second-order valence-corrected chi connectivity index (χ2v) is 5.84. The van der Waals surface area contributed by atoms with Crippen molar-refractivity contribution in [3.8, 4) is 0 Å². The number of nitrogens with one attached hydrogen (secondary N) is 1. The molecule has 3 nitrogen and oxygen atoms in total. The van der Waals surface area contributed by atoms with Crippen LogP contribution in [0.3, 0.4) is 0 Å². The molecule has 2 atom stereocenters. The Labute approximate surface area is 117 Å². The van der Waals surface area contributed by atoms with E-state index in [0.717, 1.165) is 10.0 Å². The maximum Gasteiger partial charge on any atom is 0.237 e. The monoisotopic (exact) mass is 312 g/mol. The molecule has 0 aliphatic carbocycles. The molecule has 0 aromatic heterocycles. The average Bonchev–Trinajstić information content (AvgIpc) is 2.28. The normalized spacial score (nSPS) is 14.3. The van der Waals surface area contributed by atoms with Crippen molar-refractivity contribution in [3.63, 3.8) is 0 Å². The predicted molar refractivity (Wildman–Crippen MR) is 78.1 cm³/mol. The summed E-state index contributed by atoms with van der Waals surface area (Å²) < 4.78 is 0.996. The highest BCUT2D eigenvalue weighted by Crippen LogP contribution is 2.22. The number of halogens is 1. The summed E-state index contributed by atoms with van der Waals surface area (Å²) in [5.41, 5.74) is 6.92. The van der Waals surface area contributed by atoms with Crippen molar-refractivity contribution >= 4 is 21.8 Å². The zero-order valence-electron chi connectivity index (χ0n) is 11.1. The van der Waals surface area contributed by atoms with Gasteiger partial charge in [0.15, 0.2) is 0 Å². The van der Waals surface area contributed by atoms with Gasteiger partial charge < -0.3 is 11.1 Å². The van der Waals surface area contributed by atoms with E-state index in [9.17, 15) is 4.79 Å². The van der Waals surface area contributed by atoms with Crippen LogP contribution < -0.4 is 11.1 Å². The van der Waals surface area contributed by atoms with Gasteiger partial charge in [0.1, 0.15) is 0 Å². The first-order valence-corrected chi connectivity index (χ1v) is 7.01. The van der Waals surface area contributed by atoms with Crippen molar-refractivity contribution in [1.82, 2.24) is 5.32 Å². The number of rotatable bonds is 5. The lowest BCUT2D eigenvalue weighted by molar-refractivity contribution is -0.123. The maximum atomic E-state index is 11.9. The Kier molecular flexibility index (Phi) is 5.82. The Morgan fingerprint density at radius 1 is 1.33 bits per heavy atom. The van der Waals surface area contributed by atoms with Gasteiger partial charge in [-0.15, -0.1) is 0 Å². The van der Waals surface area contributed by atoms with Gasteiger partial charge in [-0.05, 0) is 30.9 Å². The van der Waals surface area contributed by atoms with E-state index in [4.69, 9.17) is 5.73 Å².